The van der Waals surface area contributed by atoms with Crippen molar-refractivity contribution < 1.29 is 4.74 Å². The molecule has 0 aliphatic rings. The van der Waals surface area contributed by atoms with Crippen LogP contribution >= 0.6 is 0 Å². The Bertz CT molecular complexity index is 116. The van der Waals surface area contributed by atoms with Crippen molar-refractivity contribution in [3.8, 4) is 0 Å². The van der Waals surface area contributed by atoms with Crippen LogP contribution in [0.2, 0.25) is 0 Å². The molecule has 1 atom stereocenters. The summed E-state index contributed by atoms with van der Waals surface area (Å²) >= 11 is 0. The third-order valence-electron chi connectivity index (χ3n) is 2.55. The molecule has 0 fully saturated rings. The van der Waals surface area contributed by atoms with Gasteiger partial charge in [-0.2, -0.15) is 0 Å². The SMILES string of the molecule is CCC(CC)NCCNCC(C)OC. The van der Waals surface area contributed by atoms with E-state index in [0.717, 1.165) is 19.6 Å². The number of hydrogen-bond donors (Lipinski definition) is 2. The van der Waals surface area contributed by atoms with Gasteiger partial charge in [-0.05, 0) is 19.8 Å². The predicted molar refractivity (Wildman–Crippen MR) is 61.7 cm³/mol. The fourth-order valence-corrected chi connectivity index (χ4v) is 1.33. The molecule has 3 heteroatoms. The van der Waals surface area contributed by atoms with Crippen LogP contribution in [0.5, 0.6) is 0 Å². The Hall–Kier alpha value is -0.120. The molecule has 1 unspecified atom stereocenters. The molecule has 0 spiro atoms. The molecule has 0 aromatic heterocycles. The second-order valence-corrected chi connectivity index (χ2v) is 3.72. The monoisotopic (exact) mass is 202 g/mol. The van der Waals surface area contributed by atoms with Gasteiger partial charge in [-0.25, -0.2) is 0 Å². The smallest absolute Gasteiger partial charge is 0.0667 e. The maximum absolute atomic E-state index is 5.14. The average molecular weight is 202 g/mol. The van der Waals surface area contributed by atoms with Gasteiger partial charge in [0.1, 0.15) is 0 Å². The third-order valence-corrected chi connectivity index (χ3v) is 2.55. The van der Waals surface area contributed by atoms with E-state index in [1.165, 1.54) is 12.8 Å². The van der Waals surface area contributed by atoms with E-state index in [2.05, 4.69) is 31.4 Å². The summed E-state index contributed by atoms with van der Waals surface area (Å²) in [5.41, 5.74) is 0. The van der Waals surface area contributed by atoms with Gasteiger partial charge in [0.05, 0.1) is 6.10 Å². The zero-order valence-corrected chi connectivity index (χ0v) is 10.1. The highest BCUT2D eigenvalue weighted by atomic mass is 16.5. The summed E-state index contributed by atoms with van der Waals surface area (Å²) in [7, 11) is 1.74. The van der Waals surface area contributed by atoms with Crippen molar-refractivity contribution in [1.29, 1.82) is 0 Å². The van der Waals surface area contributed by atoms with Gasteiger partial charge in [-0.1, -0.05) is 13.8 Å². The second kappa shape index (κ2) is 9.44. The fraction of sp³-hybridized carbons (Fsp3) is 1.00. The summed E-state index contributed by atoms with van der Waals surface area (Å²) < 4.78 is 5.14. The lowest BCUT2D eigenvalue weighted by Gasteiger charge is -2.15. The van der Waals surface area contributed by atoms with Gasteiger partial charge >= 0.3 is 0 Å². The van der Waals surface area contributed by atoms with Gasteiger partial charge in [0.2, 0.25) is 0 Å². The van der Waals surface area contributed by atoms with Crippen LogP contribution in [0, 0.1) is 0 Å². The van der Waals surface area contributed by atoms with Crippen LogP contribution < -0.4 is 10.6 Å². The lowest BCUT2D eigenvalue weighted by molar-refractivity contribution is 0.117. The summed E-state index contributed by atoms with van der Waals surface area (Å²) in [5, 5.41) is 6.86. The normalized spacial score (nSPS) is 13.5. The summed E-state index contributed by atoms with van der Waals surface area (Å²) in [5.74, 6) is 0. The van der Waals surface area contributed by atoms with Crippen molar-refractivity contribution in [1.82, 2.24) is 10.6 Å². The van der Waals surface area contributed by atoms with Gasteiger partial charge < -0.3 is 15.4 Å². The zero-order chi connectivity index (χ0) is 10.8. The molecular formula is C11H26N2O. The van der Waals surface area contributed by atoms with Crippen molar-refractivity contribution in [3.05, 3.63) is 0 Å². The Morgan fingerprint density at radius 3 is 2.29 bits per heavy atom. The van der Waals surface area contributed by atoms with Gasteiger partial charge in [0.15, 0.2) is 0 Å². The number of rotatable bonds is 9. The van der Waals surface area contributed by atoms with Gasteiger partial charge in [-0.3, -0.25) is 0 Å². The summed E-state index contributed by atoms with van der Waals surface area (Å²) in [6, 6.07) is 0.677. The third kappa shape index (κ3) is 7.30. The van der Waals surface area contributed by atoms with Crippen LogP contribution in [0.3, 0.4) is 0 Å². The van der Waals surface area contributed by atoms with E-state index < -0.39 is 0 Å². The molecule has 14 heavy (non-hydrogen) atoms. The Morgan fingerprint density at radius 2 is 1.79 bits per heavy atom. The molecule has 0 aromatic rings. The number of ether oxygens (including phenoxy) is 1. The minimum absolute atomic E-state index is 0.308. The molecular weight excluding hydrogens is 176 g/mol. The molecule has 86 valence electrons. The first kappa shape index (κ1) is 13.9. The Labute approximate surface area is 88.6 Å². The first-order valence-electron chi connectivity index (χ1n) is 5.71. The lowest BCUT2D eigenvalue weighted by Crippen LogP contribution is -2.36. The van der Waals surface area contributed by atoms with Crippen molar-refractivity contribution in [2.45, 2.75) is 45.8 Å². The molecule has 0 aliphatic carbocycles. The van der Waals surface area contributed by atoms with E-state index in [1.54, 1.807) is 7.11 Å². The summed E-state index contributed by atoms with van der Waals surface area (Å²) in [6.45, 7) is 9.51. The molecule has 0 aromatic carbocycles. The first-order chi connectivity index (χ1) is 6.74. The highest BCUT2D eigenvalue weighted by Gasteiger charge is 2.01. The average Bonchev–Trinajstić information content (AvgIpc) is 2.23. The topological polar surface area (TPSA) is 33.3 Å². The van der Waals surface area contributed by atoms with E-state index in [0.29, 0.717) is 12.1 Å². The molecule has 3 nitrogen and oxygen atoms in total. The van der Waals surface area contributed by atoms with Crippen LogP contribution in [0.15, 0.2) is 0 Å². The molecule has 0 amide bonds. The molecule has 0 radical (unpaired) electrons. The van der Waals surface area contributed by atoms with E-state index in [-0.39, 0.29) is 0 Å². The van der Waals surface area contributed by atoms with Gasteiger partial charge in [-0.15, -0.1) is 0 Å². The van der Waals surface area contributed by atoms with Crippen molar-refractivity contribution in [2.75, 3.05) is 26.7 Å². The predicted octanol–water partition coefficient (Wildman–Crippen LogP) is 1.39. The highest BCUT2D eigenvalue weighted by molar-refractivity contribution is 4.63. The second-order valence-electron chi connectivity index (χ2n) is 3.72. The minimum Gasteiger partial charge on any atom is -0.380 e. The summed E-state index contributed by atoms with van der Waals surface area (Å²) in [4.78, 5) is 0. The number of nitrogens with one attached hydrogen (secondary N) is 2. The van der Waals surface area contributed by atoms with E-state index in [1.807, 2.05) is 0 Å². The molecule has 0 rings (SSSR count). The fourth-order valence-electron chi connectivity index (χ4n) is 1.33. The standard InChI is InChI=1S/C11H26N2O/c1-5-11(6-2)13-8-7-12-9-10(3)14-4/h10-13H,5-9H2,1-4H3. The van der Waals surface area contributed by atoms with Crippen LogP contribution in [0.4, 0.5) is 0 Å². The molecule has 0 bridgehead atoms. The van der Waals surface area contributed by atoms with Crippen LogP contribution in [-0.2, 0) is 4.74 Å². The van der Waals surface area contributed by atoms with E-state index >= 15 is 0 Å². The van der Waals surface area contributed by atoms with Crippen molar-refractivity contribution >= 4 is 0 Å². The van der Waals surface area contributed by atoms with Gasteiger partial charge in [0.25, 0.3) is 0 Å². The Morgan fingerprint density at radius 1 is 1.14 bits per heavy atom. The maximum atomic E-state index is 5.14. The van der Waals surface area contributed by atoms with E-state index in [4.69, 9.17) is 4.74 Å². The molecule has 2 N–H and O–H groups in total. The Balaban J connectivity index is 3.20. The van der Waals surface area contributed by atoms with Crippen molar-refractivity contribution in [3.63, 3.8) is 0 Å². The number of hydrogen-bond acceptors (Lipinski definition) is 3. The highest BCUT2D eigenvalue weighted by Crippen LogP contribution is 1.94. The van der Waals surface area contributed by atoms with Crippen molar-refractivity contribution in [2.24, 2.45) is 0 Å². The summed E-state index contributed by atoms with van der Waals surface area (Å²) in [6.07, 6.45) is 2.74. The molecule has 0 saturated heterocycles. The van der Waals surface area contributed by atoms with Crippen LogP contribution in [0.25, 0.3) is 0 Å². The largest absolute Gasteiger partial charge is 0.380 e. The minimum atomic E-state index is 0.308. The van der Waals surface area contributed by atoms with Crippen LogP contribution in [-0.4, -0.2) is 38.9 Å². The first-order valence-corrected chi connectivity index (χ1v) is 5.71. The molecule has 0 aliphatic heterocycles. The molecule has 0 saturated carbocycles. The quantitative estimate of drug-likeness (QED) is 0.554. The zero-order valence-electron chi connectivity index (χ0n) is 10.1. The van der Waals surface area contributed by atoms with Gasteiger partial charge in [0, 0.05) is 32.8 Å². The number of methoxy groups -OCH3 is 1. The molecule has 0 heterocycles. The lowest BCUT2D eigenvalue weighted by atomic mass is 10.2. The van der Waals surface area contributed by atoms with Crippen LogP contribution in [0.1, 0.15) is 33.6 Å². The van der Waals surface area contributed by atoms with E-state index in [9.17, 15) is 0 Å². The maximum Gasteiger partial charge on any atom is 0.0667 e. The Kier molecular flexibility index (Phi) is 9.35.